The number of benzene rings is 1. The lowest BCUT2D eigenvalue weighted by Crippen LogP contribution is -2.13. The molecule has 3 aromatic rings. The number of aromatic amines is 1. The molecule has 0 unspecified atom stereocenters. The molecule has 0 saturated heterocycles. The van der Waals surface area contributed by atoms with E-state index in [4.69, 9.17) is 4.42 Å². The molecule has 0 atom stereocenters. The Kier molecular flexibility index (Phi) is 2.33. The molecule has 1 aromatic carbocycles. The van der Waals surface area contributed by atoms with E-state index in [-0.39, 0.29) is 11.7 Å². The number of nitrogens with one attached hydrogen (secondary N) is 2. The summed E-state index contributed by atoms with van der Waals surface area (Å²) in [4.78, 5) is 23.0. The van der Waals surface area contributed by atoms with Gasteiger partial charge in [0, 0.05) is 0 Å². The highest BCUT2D eigenvalue weighted by atomic mass is 16.3. The van der Waals surface area contributed by atoms with E-state index in [1.54, 1.807) is 6.92 Å². The van der Waals surface area contributed by atoms with Crippen molar-refractivity contribution in [2.24, 2.45) is 0 Å². The summed E-state index contributed by atoms with van der Waals surface area (Å²) < 4.78 is 5.01. The van der Waals surface area contributed by atoms with Crippen molar-refractivity contribution in [2.45, 2.75) is 6.92 Å². The molecule has 0 fully saturated rings. The van der Waals surface area contributed by atoms with Gasteiger partial charge in [0.2, 0.25) is 11.7 Å². The van der Waals surface area contributed by atoms with E-state index in [0.29, 0.717) is 11.6 Å². The third-order valence-corrected chi connectivity index (χ3v) is 2.57. The Bertz CT molecular complexity index is 681. The Morgan fingerprint density at radius 1 is 1.39 bits per heavy atom. The largest absolute Gasteiger partial charge is 0.438 e. The van der Waals surface area contributed by atoms with Crippen molar-refractivity contribution in [1.29, 1.82) is 0 Å². The smallest absolute Gasteiger partial charge is 0.295 e. The summed E-state index contributed by atoms with van der Waals surface area (Å²) in [6, 6.07) is 7.53. The number of H-pyrrole nitrogens is 1. The van der Waals surface area contributed by atoms with Gasteiger partial charge in [0.15, 0.2) is 6.39 Å². The van der Waals surface area contributed by atoms with Crippen LogP contribution in [0, 0.1) is 6.92 Å². The number of nitrogens with zero attached hydrogens (tertiary/aromatic N) is 2. The van der Waals surface area contributed by atoms with Gasteiger partial charge in [0.25, 0.3) is 5.91 Å². The predicted molar refractivity (Wildman–Crippen MR) is 65.3 cm³/mol. The first-order chi connectivity index (χ1) is 8.74. The van der Waals surface area contributed by atoms with Crippen LogP contribution in [-0.4, -0.2) is 20.9 Å². The minimum Gasteiger partial charge on any atom is -0.438 e. The van der Waals surface area contributed by atoms with Crippen molar-refractivity contribution in [3.8, 4) is 0 Å². The minimum absolute atomic E-state index is 0.190. The lowest BCUT2D eigenvalue weighted by molar-refractivity contribution is 0.0995. The third kappa shape index (κ3) is 1.73. The van der Waals surface area contributed by atoms with Crippen LogP contribution in [0.1, 0.15) is 16.2 Å². The number of carbonyl (C=O) groups excluding carboxylic acids is 1. The molecule has 0 saturated carbocycles. The number of rotatable bonds is 2. The van der Waals surface area contributed by atoms with Gasteiger partial charge in [-0.3, -0.25) is 10.1 Å². The van der Waals surface area contributed by atoms with Crippen LogP contribution in [0.5, 0.6) is 0 Å². The molecule has 2 N–H and O–H groups in total. The number of hydrogen-bond acceptors (Lipinski definition) is 4. The van der Waals surface area contributed by atoms with Gasteiger partial charge in [-0.25, -0.2) is 9.97 Å². The van der Waals surface area contributed by atoms with Crippen LogP contribution in [0.15, 0.2) is 35.1 Å². The standard InChI is InChI=1S/C12H10N4O2/c1-7-10(18-6-13-7)11(17)16-12-14-8-4-2-3-5-9(8)15-12/h2-6H,1H3,(H2,14,15,16,17). The van der Waals surface area contributed by atoms with Crippen molar-refractivity contribution in [3.63, 3.8) is 0 Å². The van der Waals surface area contributed by atoms with Crippen LogP contribution in [0.4, 0.5) is 5.95 Å². The maximum absolute atomic E-state index is 11.9. The van der Waals surface area contributed by atoms with Crippen LogP contribution < -0.4 is 5.32 Å². The zero-order valence-corrected chi connectivity index (χ0v) is 9.60. The number of hydrogen-bond donors (Lipinski definition) is 2. The summed E-state index contributed by atoms with van der Waals surface area (Å²) in [7, 11) is 0. The van der Waals surface area contributed by atoms with Gasteiger partial charge in [0.05, 0.1) is 16.7 Å². The molecule has 1 amide bonds. The summed E-state index contributed by atoms with van der Waals surface area (Å²) in [5.74, 6) is 0.205. The topological polar surface area (TPSA) is 83.8 Å². The number of imidazole rings is 1. The number of fused-ring (bicyclic) bond motifs is 1. The normalized spacial score (nSPS) is 10.7. The predicted octanol–water partition coefficient (Wildman–Crippen LogP) is 2.11. The van der Waals surface area contributed by atoms with Gasteiger partial charge in [-0.15, -0.1) is 0 Å². The summed E-state index contributed by atoms with van der Waals surface area (Å²) >= 11 is 0. The molecule has 6 nitrogen and oxygen atoms in total. The Balaban J connectivity index is 1.88. The molecule has 0 aliphatic heterocycles. The average Bonchev–Trinajstić information content (AvgIpc) is 2.94. The van der Waals surface area contributed by atoms with Crippen molar-refractivity contribution in [2.75, 3.05) is 5.32 Å². The molecule has 0 radical (unpaired) electrons. The fourth-order valence-electron chi connectivity index (χ4n) is 1.70. The van der Waals surface area contributed by atoms with E-state index in [9.17, 15) is 4.79 Å². The zero-order valence-electron chi connectivity index (χ0n) is 9.60. The summed E-state index contributed by atoms with van der Waals surface area (Å²) in [6.07, 6.45) is 1.24. The van der Waals surface area contributed by atoms with E-state index < -0.39 is 0 Å². The molecule has 6 heteroatoms. The van der Waals surface area contributed by atoms with E-state index in [2.05, 4.69) is 20.3 Å². The lowest BCUT2D eigenvalue weighted by Gasteiger charge is -1.98. The third-order valence-electron chi connectivity index (χ3n) is 2.57. The number of aromatic nitrogens is 3. The summed E-state index contributed by atoms with van der Waals surface area (Å²) in [5, 5.41) is 2.64. The van der Waals surface area contributed by atoms with Crippen molar-refractivity contribution in [3.05, 3.63) is 42.1 Å². The second-order valence-corrected chi connectivity index (χ2v) is 3.82. The van der Waals surface area contributed by atoms with Crippen molar-refractivity contribution in [1.82, 2.24) is 15.0 Å². The van der Waals surface area contributed by atoms with E-state index in [0.717, 1.165) is 11.0 Å². The molecular weight excluding hydrogens is 232 g/mol. The average molecular weight is 242 g/mol. The molecule has 0 aliphatic carbocycles. The molecule has 0 spiro atoms. The zero-order chi connectivity index (χ0) is 12.5. The highest BCUT2D eigenvalue weighted by Crippen LogP contribution is 2.14. The van der Waals surface area contributed by atoms with Gasteiger partial charge >= 0.3 is 0 Å². The molecule has 0 aliphatic rings. The van der Waals surface area contributed by atoms with Gasteiger partial charge in [-0.05, 0) is 19.1 Å². The summed E-state index contributed by atoms with van der Waals surface area (Å²) in [5.41, 5.74) is 2.20. The van der Waals surface area contributed by atoms with Crippen LogP contribution in [0.2, 0.25) is 0 Å². The molecule has 2 aromatic heterocycles. The highest BCUT2D eigenvalue weighted by Gasteiger charge is 2.15. The van der Waals surface area contributed by atoms with Crippen LogP contribution in [-0.2, 0) is 0 Å². The second kappa shape index (κ2) is 3.99. The molecule has 90 valence electrons. The maximum Gasteiger partial charge on any atom is 0.295 e. The fourth-order valence-corrected chi connectivity index (χ4v) is 1.70. The number of aryl methyl sites for hydroxylation is 1. The SMILES string of the molecule is Cc1ncoc1C(=O)Nc1nc2ccccc2[nH]1. The maximum atomic E-state index is 11.9. The first-order valence-corrected chi connectivity index (χ1v) is 5.40. The minimum atomic E-state index is -0.371. The molecule has 0 bridgehead atoms. The summed E-state index contributed by atoms with van der Waals surface area (Å²) in [6.45, 7) is 1.71. The monoisotopic (exact) mass is 242 g/mol. The molecular formula is C12H10N4O2. The molecule has 2 heterocycles. The van der Waals surface area contributed by atoms with Gasteiger partial charge < -0.3 is 9.40 Å². The Labute approximate surface area is 102 Å². The van der Waals surface area contributed by atoms with Crippen LogP contribution in [0.3, 0.4) is 0 Å². The van der Waals surface area contributed by atoms with Crippen LogP contribution >= 0.6 is 0 Å². The number of carbonyl (C=O) groups is 1. The van der Waals surface area contributed by atoms with Crippen molar-refractivity contribution < 1.29 is 9.21 Å². The fraction of sp³-hybridized carbons (Fsp3) is 0.0833. The highest BCUT2D eigenvalue weighted by molar-refractivity contribution is 6.02. The first kappa shape index (κ1) is 10.5. The second-order valence-electron chi connectivity index (χ2n) is 3.82. The van der Waals surface area contributed by atoms with Gasteiger partial charge in [-0.1, -0.05) is 12.1 Å². The van der Waals surface area contributed by atoms with Crippen molar-refractivity contribution >= 4 is 22.9 Å². The Hall–Kier alpha value is -2.63. The first-order valence-electron chi connectivity index (χ1n) is 5.40. The number of amides is 1. The number of oxazole rings is 1. The number of para-hydroxylation sites is 2. The van der Waals surface area contributed by atoms with Crippen LogP contribution in [0.25, 0.3) is 11.0 Å². The molecule has 18 heavy (non-hydrogen) atoms. The Morgan fingerprint density at radius 3 is 2.94 bits per heavy atom. The van der Waals surface area contributed by atoms with E-state index >= 15 is 0 Å². The quantitative estimate of drug-likeness (QED) is 0.720. The van der Waals surface area contributed by atoms with Gasteiger partial charge in [0.1, 0.15) is 0 Å². The lowest BCUT2D eigenvalue weighted by atomic mass is 10.3. The Morgan fingerprint density at radius 2 is 2.22 bits per heavy atom. The number of anilines is 1. The molecule has 3 rings (SSSR count). The van der Waals surface area contributed by atoms with Gasteiger partial charge in [-0.2, -0.15) is 0 Å². The van der Waals surface area contributed by atoms with E-state index in [1.807, 2.05) is 24.3 Å². The van der Waals surface area contributed by atoms with E-state index in [1.165, 1.54) is 6.39 Å².